The van der Waals surface area contributed by atoms with Gasteiger partial charge in [-0.15, -0.1) is 0 Å². The molecule has 0 saturated heterocycles. The minimum atomic E-state index is -4.44. The number of amides is 1. The molecule has 0 unspecified atom stereocenters. The lowest BCUT2D eigenvalue weighted by molar-refractivity contribution is -0.175. The summed E-state index contributed by atoms with van der Waals surface area (Å²) in [5.74, 6) is 0.117. The predicted octanol–water partition coefficient (Wildman–Crippen LogP) is 3.19. The Labute approximate surface area is 142 Å². The molecule has 25 heavy (non-hydrogen) atoms. The Morgan fingerprint density at radius 2 is 1.88 bits per heavy atom. The van der Waals surface area contributed by atoms with E-state index in [1.807, 2.05) is 24.3 Å². The Morgan fingerprint density at radius 3 is 2.60 bits per heavy atom. The summed E-state index contributed by atoms with van der Waals surface area (Å²) in [5, 5.41) is 2.50. The van der Waals surface area contributed by atoms with E-state index in [1.165, 1.54) is 0 Å². The van der Waals surface area contributed by atoms with Crippen LogP contribution >= 0.6 is 0 Å². The molecule has 1 aromatic carbocycles. The third-order valence-electron chi connectivity index (χ3n) is 3.07. The van der Waals surface area contributed by atoms with Crippen LogP contribution in [0.1, 0.15) is 16.9 Å². The van der Waals surface area contributed by atoms with Crippen molar-refractivity contribution >= 4 is 5.91 Å². The lowest BCUT2D eigenvalue weighted by atomic mass is 10.1. The zero-order valence-corrected chi connectivity index (χ0v) is 13.3. The maximum absolute atomic E-state index is 11.9. The number of carbonyl (C=O) groups is 1. The van der Waals surface area contributed by atoms with Gasteiger partial charge >= 0.3 is 6.18 Å². The van der Waals surface area contributed by atoms with Crippen molar-refractivity contribution in [2.75, 3.05) is 13.2 Å². The van der Waals surface area contributed by atoms with Crippen molar-refractivity contribution in [3.05, 3.63) is 59.5 Å². The highest BCUT2D eigenvalue weighted by Crippen LogP contribution is 2.14. The summed E-state index contributed by atoms with van der Waals surface area (Å²) >= 11 is 0. The van der Waals surface area contributed by atoms with E-state index >= 15 is 0 Å². The number of halogens is 3. The molecule has 0 bridgehead atoms. The maximum atomic E-state index is 11.9. The van der Waals surface area contributed by atoms with Gasteiger partial charge in [-0.3, -0.25) is 4.79 Å². The molecule has 0 atom stereocenters. The number of benzene rings is 1. The van der Waals surface area contributed by atoms with Crippen LogP contribution in [0.25, 0.3) is 0 Å². The number of furan rings is 1. The molecule has 5 nitrogen and oxygen atoms in total. The van der Waals surface area contributed by atoms with Gasteiger partial charge in [0.15, 0.2) is 0 Å². The first-order chi connectivity index (χ1) is 11.9. The Kier molecular flexibility index (Phi) is 7.03. The second kappa shape index (κ2) is 9.24. The van der Waals surface area contributed by atoms with Crippen molar-refractivity contribution in [2.24, 2.45) is 0 Å². The summed E-state index contributed by atoms with van der Waals surface area (Å²) in [6.45, 7) is -1.16. The highest BCUT2D eigenvalue weighted by molar-refractivity contribution is 5.77. The number of ether oxygens (including phenoxy) is 2. The van der Waals surface area contributed by atoms with Gasteiger partial charge in [-0.25, -0.2) is 0 Å². The van der Waals surface area contributed by atoms with E-state index < -0.39 is 25.3 Å². The summed E-state index contributed by atoms with van der Waals surface area (Å²) in [4.78, 5) is 11.5. The lowest BCUT2D eigenvalue weighted by Crippen LogP contribution is -2.29. The smallest absolute Gasteiger partial charge is 0.411 e. The summed E-state index contributed by atoms with van der Waals surface area (Å²) < 4.78 is 50.7. The van der Waals surface area contributed by atoms with Crippen LogP contribution in [-0.2, 0) is 34.0 Å². The van der Waals surface area contributed by atoms with Crippen molar-refractivity contribution < 1.29 is 31.9 Å². The van der Waals surface area contributed by atoms with Crippen LogP contribution in [0.15, 0.2) is 47.1 Å². The second-order valence-corrected chi connectivity index (χ2v) is 5.28. The van der Waals surface area contributed by atoms with Gasteiger partial charge in [0, 0.05) is 6.54 Å². The van der Waals surface area contributed by atoms with Crippen molar-refractivity contribution in [3.63, 3.8) is 0 Å². The largest absolute Gasteiger partial charge is 0.467 e. The summed E-state index contributed by atoms with van der Waals surface area (Å²) in [6.07, 6.45) is -2.87. The van der Waals surface area contributed by atoms with Gasteiger partial charge in [-0.1, -0.05) is 24.3 Å². The number of nitrogens with one attached hydrogen (secondary N) is 1. The summed E-state index contributed by atoms with van der Waals surface area (Å²) in [7, 11) is 0. The zero-order valence-electron chi connectivity index (χ0n) is 13.3. The fourth-order valence-electron chi connectivity index (χ4n) is 2.00. The maximum Gasteiger partial charge on any atom is 0.411 e. The van der Waals surface area contributed by atoms with Crippen LogP contribution in [0.2, 0.25) is 0 Å². The minimum Gasteiger partial charge on any atom is -0.467 e. The first-order valence-corrected chi connectivity index (χ1v) is 7.51. The van der Waals surface area contributed by atoms with Gasteiger partial charge in [0.1, 0.15) is 25.6 Å². The van der Waals surface area contributed by atoms with E-state index in [1.54, 1.807) is 18.4 Å². The van der Waals surface area contributed by atoms with E-state index in [2.05, 4.69) is 10.1 Å². The van der Waals surface area contributed by atoms with E-state index in [0.29, 0.717) is 13.2 Å². The second-order valence-electron chi connectivity index (χ2n) is 5.28. The Balaban J connectivity index is 1.70. The molecule has 2 aromatic rings. The van der Waals surface area contributed by atoms with E-state index in [-0.39, 0.29) is 6.54 Å². The molecule has 0 radical (unpaired) electrons. The fraction of sp³-hybridized carbons (Fsp3) is 0.353. The quantitative estimate of drug-likeness (QED) is 0.749. The Bertz CT molecular complexity index is 656. The van der Waals surface area contributed by atoms with Crippen LogP contribution in [0, 0.1) is 0 Å². The number of hydrogen-bond donors (Lipinski definition) is 1. The van der Waals surface area contributed by atoms with E-state index in [0.717, 1.165) is 16.9 Å². The van der Waals surface area contributed by atoms with Crippen LogP contribution in [0.4, 0.5) is 13.2 Å². The monoisotopic (exact) mass is 357 g/mol. The van der Waals surface area contributed by atoms with Crippen molar-refractivity contribution in [3.8, 4) is 0 Å². The molecular formula is C17H18F3NO4. The molecule has 2 rings (SSSR count). The average molecular weight is 357 g/mol. The molecule has 0 spiro atoms. The van der Waals surface area contributed by atoms with Gasteiger partial charge < -0.3 is 19.2 Å². The van der Waals surface area contributed by atoms with Crippen molar-refractivity contribution in [2.45, 2.75) is 25.9 Å². The molecule has 0 fully saturated rings. The number of carbonyl (C=O) groups excluding carboxylic acids is 1. The third-order valence-corrected chi connectivity index (χ3v) is 3.07. The van der Waals surface area contributed by atoms with Gasteiger partial charge in [0.25, 0.3) is 0 Å². The first kappa shape index (κ1) is 19.0. The standard InChI is InChI=1S/C17H18F3NO4/c18-17(19,20)12-24-11-16(22)21-8-13-3-1-4-14(7-13)9-23-10-15-5-2-6-25-15/h1-7H,8-12H2,(H,21,22). The first-order valence-electron chi connectivity index (χ1n) is 7.51. The lowest BCUT2D eigenvalue weighted by Gasteiger charge is -2.09. The molecule has 1 aromatic heterocycles. The molecule has 8 heteroatoms. The van der Waals surface area contributed by atoms with Gasteiger partial charge in [-0.05, 0) is 23.3 Å². The molecule has 0 saturated carbocycles. The van der Waals surface area contributed by atoms with Crippen LogP contribution in [-0.4, -0.2) is 25.3 Å². The fourth-order valence-corrected chi connectivity index (χ4v) is 2.00. The minimum absolute atomic E-state index is 0.195. The summed E-state index contributed by atoms with van der Waals surface area (Å²) in [6, 6.07) is 10.9. The number of rotatable bonds is 9. The normalized spacial score (nSPS) is 11.5. The number of alkyl halides is 3. The molecule has 1 N–H and O–H groups in total. The highest BCUT2D eigenvalue weighted by Gasteiger charge is 2.27. The highest BCUT2D eigenvalue weighted by atomic mass is 19.4. The molecule has 1 heterocycles. The predicted molar refractivity (Wildman–Crippen MR) is 82.4 cm³/mol. The Morgan fingerprint density at radius 1 is 1.08 bits per heavy atom. The molecular weight excluding hydrogens is 339 g/mol. The molecule has 136 valence electrons. The van der Waals surface area contributed by atoms with Gasteiger partial charge in [0.2, 0.25) is 5.91 Å². The van der Waals surface area contributed by atoms with Crippen molar-refractivity contribution in [1.82, 2.24) is 5.32 Å². The van der Waals surface area contributed by atoms with Crippen LogP contribution in [0.5, 0.6) is 0 Å². The molecule has 1 amide bonds. The van der Waals surface area contributed by atoms with Crippen molar-refractivity contribution in [1.29, 1.82) is 0 Å². The zero-order chi connectivity index (χ0) is 18.1. The summed E-state index contributed by atoms with van der Waals surface area (Å²) in [5.41, 5.74) is 1.72. The van der Waals surface area contributed by atoms with Crippen LogP contribution < -0.4 is 5.32 Å². The van der Waals surface area contributed by atoms with Gasteiger partial charge in [-0.2, -0.15) is 13.2 Å². The van der Waals surface area contributed by atoms with E-state index in [4.69, 9.17) is 9.15 Å². The Hall–Kier alpha value is -2.32. The third kappa shape index (κ3) is 7.86. The molecule has 0 aliphatic rings. The topological polar surface area (TPSA) is 60.7 Å². The molecule has 0 aliphatic heterocycles. The number of hydrogen-bond acceptors (Lipinski definition) is 4. The SMILES string of the molecule is O=C(COCC(F)(F)F)NCc1cccc(COCc2ccco2)c1. The average Bonchev–Trinajstić information content (AvgIpc) is 3.05. The van der Waals surface area contributed by atoms with Crippen LogP contribution in [0.3, 0.4) is 0 Å². The van der Waals surface area contributed by atoms with Gasteiger partial charge in [0.05, 0.1) is 12.9 Å². The van der Waals surface area contributed by atoms with E-state index in [9.17, 15) is 18.0 Å². The molecule has 0 aliphatic carbocycles.